The van der Waals surface area contributed by atoms with Crippen LogP contribution in [0.4, 0.5) is 0 Å². The van der Waals surface area contributed by atoms with Gasteiger partial charge in [-0.2, -0.15) is 0 Å². The lowest BCUT2D eigenvalue weighted by Gasteiger charge is -2.05. The molecule has 0 heterocycles. The fourth-order valence-corrected chi connectivity index (χ4v) is 0.740. The van der Waals surface area contributed by atoms with Crippen LogP contribution < -0.4 is 11.1 Å². The number of carbonyl (C=O) groups excluding carboxylic acids is 1. The zero-order chi connectivity index (χ0) is 9.40. The van der Waals surface area contributed by atoms with Gasteiger partial charge in [-0.1, -0.05) is 0 Å². The Kier molecular flexibility index (Phi) is 6.70. The fourth-order valence-electron chi connectivity index (χ4n) is 0.740. The molecule has 0 aromatic carbocycles. The normalized spacial score (nSPS) is 12.6. The van der Waals surface area contributed by atoms with Crippen molar-refractivity contribution in [1.82, 2.24) is 5.32 Å². The van der Waals surface area contributed by atoms with Crippen molar-refractivity contribution in [2.45, 2.75) is 25.8 Å². The molecular formula is C8H18N2O2. The Labute approximate surface area is 73.5 Å². The predicted octanol–water partition coefficient (Wildman–Crippen LogP) is -0.124. The van der Waals surface area contributed by atoms with Gasteiger partial charge in [-0.25, -0.2) is 0 Å². The number of hydrogen-bond donors (Lipinski definition) is 2. The summed E-state index contributed by atoms with van der Waals surface area (Å²) in [7, 11) is 1.61. The Morgan fingerprint density at radius 2 is 2.33 bits per heavy atom. The first-order valence-electron chi connectivity index (χ1n) is 4.18. The highest BCUT2D eigenvalue weighted by molar-refractivity contribution is 5.75. The van der Waals surface area contributed by atoms with Crippen molar-refractivity contribution in [3.8, 4) is 0 Å². The molecular weight excluding hydrogens is 156 g/mol. The Morgan fingerprint density at radius 1 is 1.67 bits per heavy atom. The van der Waals surface area contributed by atoms with Crippen molar-refractivity contribution < 1.29 is 9.53 Å². The summed E-state index contributed by atoms with van der Waals surface area (Å²) >= 11 is 0. The van der Waals surface area contributed by atoms with E-state index in [2.05, 4.69) is 5.32 Å². The van der Waals surface area contributed by atoms with Crippen LogP contribution in [0.1, 0.15) is 19.8 Å². The van der Waals surface area contributed by atoms with Crippen LogP contribution in [0.5, 0.6) is 0 Å². The molecule has 4 nitrogen and oxygen atoms in total. The summed E-state index contributed by atoms with van der Waals surface area (Å²) in [5, 5.41) is 2.72. The minimum atomic E-state index is 0.0457. The van der Waals surface area contributed by atoms with Gasteiger partial charge >= 0.3 is 0 Å². The van der Waals surface area contributed by atoms with E-state index in [1.54, 1.807) is 7.11 Å². The van der Waals surface area contributed by atoms with Gasteiger partial charge in [0.05, 0.1) is 6.61 Å². The molecule has 1 amide bonds. The molecule has 1 atom stereocenters. The third-order valence-electron chi connectivity index (χ3n) is 1.46. The monoisotopic (exact) mass is 174 g/mol. The van der Waals surface area contributed by atoms with Gasteiger partial charge in [0.25, 0.3) is 0 Å². The number of hydrogen-bond acceptors (Lipinski definition) is 3. The maximum Gasteiger partial charge on any atom is 0.220 e. The van der Waals surface area contributed by atoms with Crippen molar-refractivity contribution in [3.63, 3.8) is 0 Å². The summed E-state index contributed by atoms with van der Waals surface area (Å²) in [6, 6.07) is 0.0955. The molecule has 0 fully saturated rings. The number of rotatable bonds is 6. The van der Waals surface area contributed by atoms with E-state index in [9.17, 15) is 4.79 Å². The minimum Gasteiger partial charge on any atom is -0.383 e. The largest absolute Gasteiger partial charge is 0.383 e. The second kappa shape index (κ2) is 7.06. The fraction of sp³-hybridized carbons (Fsp3) is 0.875. The Balaban J connectivity index is 3.22. The highest BCUT2D eigenvalue weighted by Gasteiger charge is 2.01. The molecule has 3 N–H and O–H groups in total. The van der Waals surface area contributed by atoms with Gasteiger partial charge in [-0.05, 0) is 13.3 Å². The number of carbonyl (C=O) groups is 1. The van der Waals surface area contributed by atoms with E-state index in [1.807, 2.05) is 6.92 Å². The molecule has 0 rings (SSSR count). The molecule has 1 unspecified atom stereocenters. The molecule has 0 aromatic rings. The molecule has 0 aliphatic carbocycles. The maximum atomic E-state index is 11.0. The molecule has 0 spiro atoms. The standard InChI is InChI=1S/C8H18N2O2/c1-7(9)3-4-8(11)10-5-6-12-2/h7H,3-6,9H2,1-2H3,(H,10,11). The lowest BCUT2D eigenvalue weighted by molar-refractivity contribution is -0.121. The third kappa shape index (κ3) is 7.50. The molecule has 0 aliphatic heterocycles. The Hall–Kier alpha value is -0.610. The van der Waals surface area contributed by atoms with Gasteiger partial charge in [0.2, 0.25) is 5.91 Å². The molecule has 0 radical (unpaired) electrons. The number of ether oxygens (including phenoxy) is 1. The van der Waals surface area contributed by atoms with E-state index in [0.29, 0.717) is 19.6 Å². The Bertz CT molecular complexity index is 126. The Morgan fingerprint density at radius 3 is 2.83 bits per heavy atom. The summed E-state index contributed by atoms with van der Waals surface area (Å²) in [6.07, 6.45) is 1.24. The summed E-state index contributed by atoms with van der Waals surface area (Å²) < 4.78 is 4.78. The topological polar surface area (TPSA) is 64.3 Å². The molecule has 72 valence electrons. The highest BCUT2D eigenvalue weighted by Crippen LogP contribution is 1.92. The van der Waals surface area contributed by atoms with Crippen LogP contribution in [0.2, 0.25) is 0 Å². The van der Waals surface area contributed by atoms with Crippen LogP contribution >= 0.6 is 0 Å². The van der Waals surface area contributed by atoms with Crippen molar-refractivity contribution in [3.05, 3.63) is 0 Å². The maximum absolute atomic E-state index is 11.0. The molecule has 12 heavy (non-hydrogen) atoms. The lowest BCUT2D eigenvalue weighted by atomic mass is 10.2. The molecule has 0 bridgehead atoms. The second-order valence-electron chi connectivity index (χ2n) is 2.86. The van der Waals surface area contributed by atoms with Gasteiger partial charge in [0, 0.05) is 26.1 Å². The average Bonchev–Trinajstić information content (AvgIpc) is 2.01. The van der Waals surface area contributed by atoms with E-state index in [4.69, 9.17) is 10.5 Å². The first kappa shape index (κ1) is 11.4. The van der Waals surface area contributed by atoms with Crippen LogP contribution in [0.25, 0.3) is 0 Å². The molecule has 0 saturated carbocycles. The minimum absolute atomic E-state index is 0.0457. The SMILES string of the molecule is COCCNC(=O)CCC(C)N. The smallest absolute Gasteiger partial charge is 0.220 e. The van der Waals surface area contributed by atoms with Gasteiger partial charge in [-0.15, -0.1) is 0 Å². The van der Waals surface area contributed by atoms with Crippen molar-refractivity contribution in [2.75, 3.05) is 20.3 Å². The van der Waals surface area contributed by atoms with Crippen LogP contribution in [0.3, 0.4) is 0 Å². The van der Waals surface area contributed by atoms with E-state index in [1.165, 1.54) is 0 Å². The predicted molar refractivity (Wildman–Crippen MR) is 47.8 cm³/mol. The quantitative estimate of drug-likeness (QED) is 0.552. The highest BCUT2D eigenvalue weighted by atomic mass is 16.5. The van der Waals surface area contributed by atoms with E-state index in [-0.39, 0.29) is 11.9 Å². The summed E-state index contributed by atoms with van der Waals surface area (Å²) in [5.41, 5.74) is 5.49. The lowest BCUT2D eigenvalue weighted by Crippen LogP contribution is -2.28. The van der Waals surface area contributed by atoms with E-state index in [0.717, 1.165) is 6.42 Å². The zero-order valence-corrected chi connectivity index (χ0v) is 7.80. The van der Waals surface area contributed by atoms with Crippen LogP contribution in [0.15, 0.2) is 0 Å². The third-order valence-corrected chi connectivity index (χ3v) is 1.46. The summed E-state index contributed by atoms with van der Waals surface area (Å²) in [6.45, 7) is 3.03. The number of amides is 1. The molecule has 0 saturated heterocycles. The first-order valence-corrected chi connectivity index (χ1v) is 4.18. The summed E-state index contributed by atoms with van der Waals surface area (Å²) in [4.78, 5) is 11.0. The molecule has 0 aromatic heterocycles. The van der Waals surface area contributed by atoms with Crippen molar-refractivity contribution in [1.29, 1.82) is 0 Å². The van der Waals surface area contributed by atoms with E-state index < -0.39 is 0 Å². The summed E-state index contributed by atoms with van der Waals surface area (Å²) in [5.74, 6) is 0.0457. The van der Waals surface area contributed by atoms with Gasteiger partial charge in [0.15, 0.2) is 0 Å². The van der Waals surface area contributed by atoms with Crippen molar-refractivity contribution >= 4 is 5.91 Å². The van der Waals surface area contributed by atoms with E-state index >= 15 is 0 Å². The zero-order valence-electron chi connectivity index (χ0n) is 7.80. The number of nitrogens with one attached hydrogen (secondary N) is 1. The van der Waals surface area contributed by atoms with Gasteiger partial charge < -0.3 is 15.8 Å². The average molecular weight is 174 g/mol. The molecule has 0 aliphatic rings. The van der Waals surface area contributed by atoms with Crippen molar-refractivity contribution in [2.24, 2.45) is 5.73 Å². The van der Waals surface area contributed by atoms with Gasteiger partial charge in [-0.3, -0.25) is 4.79 Å². The van der Waals surface area contributed by atoms with Gasteiger partial charge in [0.1, 0.15) is 0 Å². The van der Waals surface area contributed by atoms with Crippen LogP contribution in [-0.4, -0.2) is 32.2 Å². The van der Waals surface area contributed by atoms with Crippen LogP contribution in [0, 0.1) is 0 Å². The first-order chi connectivity index (χ1) is 5.66. The molecule has 4 heteroatoms. The second-order valence-corrected chi connectivity index (χ2v) is 2.86. The van der Waals surface area contributed by atoms with Crippen LogP contribution in [-0.2, 0) is 9.53 Å². The number of nitrogens with two attached hydrogens (primary N) is 1. The number of methoxy groups -OCH3 is 1.